The van der Waals surface area contributed by atoms with Crippen molar-refractivity contribution in [3.05, 3.63) is 89.5 Å². The van der Waals surface area contributed by atoms with Gasteiger partial charge in [0, 0.05) is 25.1 Å². The Morgan fingerprint density at radius 1 is 1.14 bits per heavy atom. The highest BCUT2D eigenvalue weighted by molar-refractivity contribution is 5.78. The summed E-state index contributed by atoms with van der Waals surface area (Å²) in [7, 11) is 0. The molecule has 28 heavy (non-hydrogen) atoms. The van der Waals surface area contributed by atoms with Gasteiger partial charge in [-0.3, -0.25) is 14.2 Å². The van der Waals surface area contributed by atoms with Gasteiger partial charge in [0.25, 0.3) is 5.56 Å². The van der Waals surface area contributed by atoms with Gasteiger partial charge in [0.15, 0.2) is 0 Å². The third-order valence-electron chi connectivity index (χ3n) is 4.28. The number of nitrogens with zero attached hydrogens (tertiary/aromatic N) is 3. The van der Waals surface area contributed by atoms with Crippen LogP contribution in [0.4, 0.5) is 0 Å². The molecule has 0 aliphatic carbocycles. The number of carbonyl (C=O) groups excluding carboxylic acids is 1. The van der Waals surface area contributed by atoms with Crippen molar-refractivity contribution >= 4 is 16.8 Å². The third-order valence-corrected chi connectivity index (χ3v) is 4.28. The lowest BCUT2D eigenvalue weighted by Gasteiger charge is -2.18. The van der Waals surface area contributed by atoms with Crippen LogP contribution in [0.2, 0.25) is 0 Å². The highest BCUT2D eigenvalue weighted by atomic mass is 16.2. The van der Waals surface area contributed by atoms with Crippen molar-refractivity contribution in [2.24, 2.45) is 0 Å². The number of hydrogen-bond donors (Lipinski definition) is 0. The monoisotopic (exact) mass is 371 g/mol. The molecule has 1 heterocycles. The molecule has 3 rings (SSSR count). The zero-order valence-corrected chi connectivity index (χ0v) is 15.5. The third kappa shape index (κ3) is 4.74. The molecule has 0 atom stereocenters. The Bertz CT molecular complexity index is 1090. The Labute approximate surface area is 163 Å². The number of carbonyl (C=O) groups is 1. The molecule has 3 aromatic rings. The van der Waals surface area contributed by atoms with Crippen LogP contribution in [-0.2, 0) is 11.3 Å². The summed E-state index contributed by atoms with van der Waals surface area (Å²) in [6.07, 6.45) is 3.36. The van der Waals surface area contributed by atoms with Gasteiger partial charge in [-0.25, -0.2) is 4.98 Å². The minimum Gasteiger partial charge on any atom is -0.328 e. The average molecular weight is 371 g/mol. The van der Waals surface area contributed by atoms with E-state index in [1.807, 2.05) is 36.4 Å². The largest absolute Gasteiger partial charge is 0.328 e. The molecule has 0 N–H and O–H groups in total. The van der Waals surface area contributed by atoms with Crippen molar-refractivity contribution in [3.63, 3.8) is 0 Å². The standard InChI is InChI=1S/C23H21N3O2/c1-2-15-25(16-8-11-19-9-4-3-5-10-19)22(27)14-17-26-18-24-21-13-7-6-12-20(21)23(26)28/h2-7,9-10,12-13,18H,1,14-17H2. The smallest absolute Gasteiger partial charge is 0.261 e. The van der Waals surface area contributed by atoms with Crippen LogP contribution in [0.5, 0.6) is 0 Å². The van der Waals surface area contributed by atoms with Crippen LogP contribution in [0, 0.1) is 11.8 Å². The zero-order chi connectivity index (χ0) is 19.8. The molecule has 140 valence electrons. The molecular formula is C23H21N3O2. The normalized spacial score (nSPS) is 10.1. The van der Waals surface area contributed by atoms with E-state index in [1.165, 1.54) is 10.9 Å². The van der Waals surface area contributed by atoms with Crippen molar-refractivity contribution in [2.45, 2.75) is 13.0 Å². The number of rotatable bonds is 6. The summed E-state index contributed by atoms with van der Waals surface area (Å²) in [6.45, 7) is 4.70. The van der Waals surface area contributed by atoms with Crippen LogP contribution in [0.25, 0.3) is 10.9 Å². The molecule has 1 aromatic heterocycles. The van der Waals surface area contributed by atoms with E-state index >= 15 is 0 Å². The van der Waals surface area contributed by atoms with Gasteiger partial charge in [-0.2, -0.15) is 0 Å². The van der Waals surface area contributed by atoms with Crippen molar-refractivity contribution in [3.8, 4) is 11.8 Å². The van der Waals surface area contributed by atoms with Crippen molar-refractivity contribution in [2.75, 3.05) is 13.1 Å². The zero-order valence-electron chi connectivity index (χ0n) is 15.5. The van der Waals surface area contributed by atoms with Gasteiger partial charge < -0.3 is 4.90 Å². The first-order valence-electron chi connectivity index (χ1n) is 9.06. The molecule has 0 aliphatic heterocycles. The maximum absolute atomic E-state index is 12.6. The summed E-state index contributed by atoms with van der Waals surface area (Å²) in [5.41, 5.74) is 1.42. The maximum atomic E-state index is 12.6. The van der Waals surface area contributed by atoms with Gasteiger partial charge in [0.05, 0.1) is 23.8 Å². The van der Waals surface area contributed by atoms with Crippen LogP contribution >= 0.6 is 0 Å². The molecule has 2 aromatic carbocycles. The molecule has 5 nitrogen and oxygen atoms in total. The lowest BCUT2D eigenvalue weighted by molar-refractivity contribution is -0.130. The molecular weight excluding hydrogens is 350 g/mol. The maximum Gasteiger partial charge on any atom is 0.261 e. The number of para-hydroxylation sites is 1. The van der Waals surface area contributed by atoms with E-state index in [0.717, 1.165) is 5.56 Å². The lowest BCUT2D eigenvalue weighted by Crippen LogP contribution is -2.33. The Morgan fingerprint density at radius 3 is 2.68 bits per heavy atom. The lowest BCUT2D eigenvalue weighted by atomic mass is 10.2. The quantitative estimate of drug-likeness (QED) is 0.495. The topological polar surface area (TPSA) is 55.2 Å². The Hall–Kier alpha value is -3.65. The second-order valence-corrected chi connectivity index (χ2v) is 6.24. The second-order valence-electron chi connectivity index (χ2n) is 6.24. The van der Waals surface area contributed by atoms with Gasteiger partial charge in [-0.05, 0) is 24.3 Å². The minimum atomic E-state index is -0.141. The fourth-order valence-corrected chi connectivity index (χ4v) is 2.81. The van der Waals surface area contributed by atoms with Crippen molar-refractivity contribution < 1.29 is 4.79 Å². The summed E-state index contributed by atoms with van der Waals surface area (Å²) in [5.74, 6) is 5.99. The molecule has 0 unspecified atom stereocenters. The van der Waals surface area contributed by atoms with E-state index in [-0.39, 0.29) is 24.4 Å². The van der Waals surface area contributed by atoms with Gasteiger partial charge in [-0.1, -0.05) is 48.2 Å². The molecule has 0 saturated heterocycles. The fourth-order valence-electron chi connectivity index (χ4n) is 2.81. The first-order valence-corrected chi connectivity index (χ1v) is 9.06. The second kappa shape index (κ2) is 9.33. The molecule has 0 radical (unpaired) electrons. The van der Waals surface area contributed by atoms with E-state index in [9.17, 15) is 9.59 Å². The molecule has 0 fully saturated rings. The number of aryl methyl sites for hydroxylation is 1. The van der Waals surface area contributed by atoms with E-state index in [0.29, 0.717) is 24.0 Å². The summed E-state index contributed by atoms with van der Waals surface area (Å²) < 4.78 is 1.47. The van der Waals surface area contributed by atoms with Gasteiger partial charge in [-0.15, -0.1) is 6.58 Å². The van der Waals surface area contributed by atoms with Crippen LogP contribution in [0.3, 0.4) is 0 Å². The highest BCUT2D eigenvalue weighted by Gasteiger charge is 2.12. The van der Waals surface area contributed by atoms with E-state index in [2.05, 4.69) is 23.4 Å². The summed E-state index contributed by atoms with van der Waals surface area (Å²) in [5, 5.41) is 0.550. The van der Waals surface area contributed by atoms with Gasteiger partial charge in [0.2, 0.25) is 5.91 Å². The number of benzene rings is 2. The summed E-state index contributed by atoms with van der Waals surface area (Å²) in [4.78, 5) is 31.0. The molecule has 5 heteroatoms. The fraction of sp³-hybridized carbons (Fsp3) is 0.174. The summed E-state index contributed by atoms with van der Waals surface area (Å²) in [6, 6.07) is 16.8. The number of amides is 1. The van der Waals surface area contributed by atoms with E-state index in [4.69, 9.17) is 0 Å². The first kappa shape index (κ1) is 19.1. The predicted octanol–water partition coefficient (Wildman–Crippen LogP) is 2.85. The molecule has 0 bridgehead atoms. The minimum absolute atomic E-state index is 0.0812. The number of aromatic nitrogens is 2. The summed E-state index contributed by atoms with van der Waals surface area (Å²) >= 11 is 0. The SMILES string of the molecule is C=CCN(CC#Cc1ccccc1)C(=O)CCn1cnc2ccccc2c1=O. The first-order chi connectivity index (χ1) is 13.7. The molecule has 1 amide bonds. The van der Waals surface area contributed by atoms with Gasteiger partial charge >= 0.3 is 0 Å². The predicted molar refractivity (Wildman–Crippen MR) is 111 cm³/mol. The van der Waals surface area contributed by atoms with E-state index < -0.39 is 0 Å². The van der Waals surface area contributed by atoms with Crippen LogP contribution in [0.1, 0.15) is 12.0 Å². The molecule has 0 aliphatic rings. The van der Waals surface area contributed by atoms with Crippen LogP contribution < -0.4 is 5.56 Å². The van der Waals surface area contributed by atoms with Crippen molar-refractivity contribution in [1.82, 2.24) is 14.5 Å². The average Bonchev–Trinajstić information content (AvgIpc) is 2.73. The number of hydrogen-bond acceptors (Lipinski definition) is 3. The molecule has 0 spiro atoms. The van der Waals surface area contributed by atoms with Gasteiger partial charge in [0.1, 0.15) is 0 Å². The molecule has 0 saturated carbocycles. The number of fused-ring (bicyclic) bond motifs is 1. The van der Waals surface area contributed by atoms with Crippen LogP contribution in [-0.4, -0.2) is 33.4 Å². The van der Waals surface area contributed by atoms with Crippen LogP contribution in [0.15, 0.2) is 78.4 Å². The Morgan fingerprint density at radius 2 is 1.89 bits per heavy atom. The Balaban J connectivity index is 1.66. The van der Waals surface area contributed by atoms with Crippen molar-refractivity contribution in [1.29, 1.82) is 0 Å². The Kier molecular flexibility index (Phi) is 6.37. The highest BCUT2D eigenvalue weighted by Crippen LogP contribution is 2.05. The van der Waals surface area contributed by atoms with E-state index in [1.54, 1.807) is 29.2 Å².